The molecule has 8 heteroatoms. The summed E-state index contributed by atoms with van der Waals surface area (Å²) in [7, 11) is 0. The number of benzene rings is 1. The molecule has 24 heavy (non-hydrogen) atoms. The summed E-state index contributed by atoms with van der Waals surface area (Å²) < 4.78 is 1.53. The molecular weight excluding hydrogens is 330 g/mol. The lowest BCUT2D eigenvalue weighted by Gasteiger charge is -2.16. The summed E-state index contributed by atoms with van der Waals surface area (Å²) in [4.78, 5) is 29.6. The van der Waals surface area contributed by atoms with Crippen LogP contribution in [0.4, 0.5) is 5.69 Å². The van der Waals surface area contributed by atoms with Crippen molar-refractivity contribution >= 4 is 30.1 Å². The second-order valence-corrected chi connectivity index (χ2v) is 5.57. The lowest BCUT2D eigenvalue weighted by atomic mass is 10.2. The van der Waals surface area contributed by atoms with Crippen LogP contribution in [0, 0.1) is 4.77 Å². The van der Waals surface area contributed by atoms with E-state index >= 15 is 0 Å². The average molecular weight is 346 g/mol. The van der Waals surface area contributed by atoms with Gasteiger partial charge in [-0.25, -0.2) is 0 Å². The topological polar surface area (TPSA) is 111 Å². The molecule has 1 aromatic heterocycles. The van der Waals surface area contributed by atoms with E-state index in [2.05, 4.69) is 9.98 Å². The number of aliphatic imine (C=N–C) groups is 1. The van der Waals surface area contributed by atoms with Gasteiger partial charge in [0.1, 0.15) is 5.56 Å². The molecule has 0 aliphatic rings. The third kappa shape index (κ3) is 3.43. The fraction of sp³-hybridized carbons (Fsp3) is 0.250. The molecule has 1 atom stereocenters. The zero-order valence-corrected chi connectivity index (χ0v) is 14.0. The van der Waals surface area contributed by atoms with Crippen molar-refractivity contribution in [3.05, 3.63) is 50.5 Å². The Hall–Kier alpha value is -2.74. The van der Waals surface area contributed by atoms with Gasteiger partial charge in [0.25, 0.3) is 5.56 Å². The van der Waals surface area contributed by atoms with Crippen LogP contribution in [0.25, 0.3) is 0 Å². The normalized spacial score (nSPS) is 12.4. The van der Waals surface area contributed by atoms with Crippen LogP contribution in [0.15, 0.2) is 34.1 Å². The maximum absolute atomic E-state index is 12.0. The van der Waals surface area contributed by atoms with E-state index in [9.17, 15) is 19.8 Å². The van der Waals surface area contributed by atoms with E-state index < -0.39 is 11.5 Å². The minimum atomic E-state index is -1.38. The van der Waals surface area contributed by atoms with Crippen molar-refractivity contribution in [2.24, 2.45) is 4.99 Å². The number of carbonyl (C=O) groups excluding carboxylic acids is 1. The number of carbonyl (C=O) groups is 1. The molecule has 0 saturated heterocycles. The molecule has 0 radical (unpaired) electrons. The monoisotopic (exact) mass is 346 g/mol. The van der Waals surface area contributed by atoms with Gasteiger partial charge in [-0.05, 0) is 31.6 Å². The molecule has 0 saturated carbocycles. The van der Waals surface area contributed by atoms with Gasteiger partial charge in [0.05, 0.1) is 11.7 Å². The molecule has 0 unspecified atom stereocenters. The maximum Gasteiger partial charge on any atom is 0.264 e. The van der Waals surface area contributed by atoms with E-state index in [4.69, 9.17) is 12.2 Å². The minimum Gasteiger partial charge on any atom is -0.545 e. The zero-order chi connectivity index (χ0) is 17.9. The largest absolute Gasteiger partial charge is 0.545 e. The maximum atomic E-state index is 12.0. The summed E-state index contributed by atoms with van der Waals surface area (Å²) >= 11 is 5.08. The van der Waals surface area contributed by atoms with Crippen LogP contribution < -0.4 is 10.7 Å². The number of rotatable bonds is 5. The molecule has 0 aliphatic heterocycles. The third-order valence-corrected chi connectivity index (χ3v) is 3.94. The number of nitrogens with zero attached hydrogens (tertiary/aromatic N) is 2. The number of nitrogens with one attached hydrogen (secondary N) is 1. The van der Waals surface area contributed by atoms with Crippen molar-refractivity contribution < 1.29 is 15.0 Å². The molecule has 0 aliphatic carbocycles. The van der Waals surface area contributed by atoms with E-state index in [1.54, 1.807) is 6.07 Å². The van der Waals surface area contributed by atoms with Crippen molar-refractivity contribution in [2.75, 3.05) is 0 Å². The number of aromatic amines is 1. The summed E-state index contributed by atoms with van der Waals surface area (Å²) in [6.45, 7) is 3.76. The number of para-hydroxylation sites is 1. The Morgan fingerprint density at radius 3 is 2.79 bits per heavy atom. The highest BCUT2D eigenvalue weighted by molar-refractivity contribution is 7.71. The van der Waals surface area contributed by atoms with Crippen LogP contribution in [0.5, 0.6) is 5.88 Å². The van der Waals surface area contributed by atoms with Crippen LogP contribution in [-0.4, -0.2) is 26.8 Å². The van der Waals surface area contributed by atoms with E-state index in [1.165, 1.54) is 22.8 Å². The highest BCUT2D eigenvalue weighted by atomic mass is 32.1. The number of carboxylic acids is 1. The summed E-state index contributed by atoms with van der Waals surface area (Å²) in [5.41, 5.74) is -0.697. The van der Waals surface area contributed by atoms with E-state index in [0.29, 0.717) is 6.42 Å². The molecular formula is C16H16N3O4S-. The van der Waals surface area contributed by atoms with Crippen molar-refractivity contribution in [3.63, 3.8) is 0 Å². The summed E-state index contributed by atoms with van der Waals surface area (Å²) in [5.74, 6) is -1.69. The van der Waals surface area contributed by atoms with Gasteiger partial charge in [-0.3, -0.25) is 19.3 Å². The first-order chi connectivity index (χ1) is 11.4. The van der Waals surface area contributed by atoms with Gasteiger partial charge in [0.2, 0.25) is 5.88 Å². The fourth-order valence-electron chi connectivity index (χ4n) is 2.15. The van der Waals surface area contributed by atoms with Gasteiger partial charge < -0.3 is 15.0 Å². The Morgan fingerprint density at radius 2 is 2.17 bits per heavy atom. The smallest absolute Gasteiger partial charge is 0.264 e. The first-order valence-corrected chi connectivity index (χ1v) is 7.69. The molecule has 0 bridgehead atoms. The van der Waals surface area contributed by atoms with Crippen LogP contribution >= 0.6 is 12.2 Å². The molecule has 0 fully saturated rings. The molecule has 2 aromatic rings. The number of aromatic hydroxyl groups is 1. The SMILES string of the molecule is CC[C@H](C)n1c(O)c(C=Nc2ccccc2C(=O)[O-])c(=O)[nH]c1=S. The standard InChI is InChI=1S/C16H17N3O4S/c1-3-9(2)19-14(21)11(13(20)18-16(19)24)8-17-12-7-5-4-6-10(12)15(22)23/h4-9,21H,3H2,1-2H3,(H,22,23)(H,18,20,24)/p-1/t9-/m0/s1. The van der Waals surface area contributed by atoms with Crippen LogP contribution in [0.3, 0.4) is 0 Å². The zero-order valence-electron chi connectivity index (χ0n) is 13.1. The molecule has 2 N–H and O–H groups in total. The number of hydrogen-bond donors (Lipinski definition) is 2. The van der Waals surface area contributed by atoms with Crippen molar-refractivity contribution in [2.45, 2.75) is 26.3 Å². The van der Waals surface area contributed by atoms with Crippen LogP contribution in [-0.2, 0) is 0 Å². The fourth-order valence-corrected chi connectivity index (χ4v) is 2.51. The second kappa shape index (κ2) is 7.22. The number of aromatic nitrogens is 2. The van der Waals surface area contributed by atoms with Gasteiger partial charge in [-0.2, -0.15) is 0 Å². The highest BCUT2D eigenvalue weighted by Crippen LogP contribution is 2.22. The number of carboxylic acid groups (broad SMARTS) is 1. The number of aromatic carboxylic acids is 1. The third-order valence-electron chi connectivity index (χ3n) is 3.64. The number of H-pyrrole nitrogens is 1. The first-order valence-electron chi connectivity index (χ1n) is 7.29. The molecule has 1 heterocycles. The second-order valence-electron chi connectivity index (χ2n) is 5.19. The quantitative estimate of drug-likeness (QED) is 0.632. The Labute approximate surface area is 142 Å². The predicted molar refractivity (Wildman–Crippen MR) is 90.6 cm³/mol. The molecule has 0 amide bonds. The van der Waals surface area contributed by atoms with Crippen LogP contribution in [0.1, 0.15) is 42.2 Å². The predicted octanol–water partition coefficient (Wildman–Crippen LogP) is 1.70. The Balaban J connectivity index is 2.57. The van der Waals surface area contributed by atoms with E-state index in [1.807, 2.05) is 13.8 Å². The summed E-state index contributed by atoms with van der Waals surface area (Å²) in [5, 5.41) is 21.4. The summed E-state index contributed by atoms with van der Waals surface area (Å²) in [6.07, 6.45) is 1.81. The average Bonchev–Trinajstić information content (AvgIpc) is 2.54. The van der Waals surface area contributed by atoms with Gasteiger partial charge in [-0.1, -0.05) is 25.1 Å². The molecule has 1 aromatic carbocycles. The van der Waals surface area contributed by atoms with Crippen molar-refractivity contribution in [3.8, 4) is 5.88 Å². The molecule has 0 spiro atoms. The van der Waals surface area contributed by atoms with Gasteiger partial charge in [0, 0.05) is 17.8 Å². The molecule has 2 rings (SSSR count). The Morgan fingerprint density at radius 1 is 1.50 bits per heavy atom. The molecule has 126 valence electrons. The van der Waals surface area contributed by atoms with Crippen LogP contribution in [0.2, 0.25) is 0 Å². The van der Waals surface area contributed by atoms with E-state index in [-0.39, 0.29) is 33.5 Å². The van der Waals surface area contributed by atoms with Gasteiger partial charge in [-0.15, -0.1) is 0 Å². The summed E-state index contributed by atoms with van der Waals surface area (Å²) in [6, 6.07) is 5.83. The Bertz CT molecular complexity index is 914. The van der Waals surface area contributed by atoms with E-state index in [0.717, 1.165) is 6.21 Å². The minimum absolute atomic E-state index is 0.1000. The van der Waals surface area contributed by atoms with Crippen molar-refractivity contribution in [1.29, 1.82) is 0 Å². The highest BCUT2D eigenvalue weighted by Gasteiger charge is 2.14. The first kappa shape index (κ1) is 17.6. The van der Waals surface area contributed by atoms with Gasteiger partial charge in [0.15, 0.2) is 4.77 Å². The number of hydrogen-bond acceptors (Lipinski definition) is 6. The van der Waals surface area contributed by atoms with Gasteiger partial charge >= 0.3 is 0 Å². The van der Waals surface area contributed by atoms with Crippen molar-refractivity contribution in [1.82, 2.24) is 9.55 Å². The molecule has 7 nitrogen and oxygen atoms in total. The Kier molecular flexibility index (Phi) is 5.30. The lowest BCUT2D eigenvalue weighted by Crippen LogP contribution is -2.22. The lowest BCUT2D eigenvalue weighted by molar-refractivity contribution is -0.254.